The Morgan fingerprint density at radius 1 is 0.348 bits per heavy atom. The van der Waals surface area contributed by atoms with Gasteiger partial charge in [0.1, 0.15) is 17.2 Å². The van der Waals surface area contributed by atoms with Crippen LogP contribution in [0.5, 0.6) is 0 Å². The van der Waals surface area contributed by atoms with Crippen molar-refractivity contribution in [3.63, 3.8) is 0 Å². The summed E-state index contributed by atoms with van der Waals surface area (Å²) in [5.41, 5.74) is 40.0. The van der Waals surface area contributed by atoms with Gasteiger partial charge in [-0.15, -0.1) is 105 Å². The van der Waals surface area contributed by atoms with Crippen LogP contribution in [0.4, 0.5) is 0 Å². The first kappa shape index (κ1) is 103. The van der Waals surface area contributed by atoms with E-state index in [1.807, 2.05) is 42.5 Å². The molecule has 0 spiro atoms. The number of benzene rings is 12. The molecule has 3 aliphatic carbocycles. The van der Waals surface area contributed by atoms with Gasteiger partial charge in [0, 0.05) is 116 Å². The number of fused-ring (bicyclic) bond motifs is 12. The SMILES string of the molecule is CC(=O)C(=C(C)O)c1ccccc1.Cc1[c-]c(-c2cc(CC(C)C)c3cc4c(cc3n2)C(C)(C)c2ccccc2-4)cc(C)c1.Cc1[c-]c(-c2cc(CC(C)C)c3cc4c(cc3n2)C(C)(C)c2ccccc2-4)cc(C)c1.Cc1[c-]c(-c2cc(CC(C)C)c3cc4c(cc3n2)C(C)(C)c2ccccc2-4)cc(C)c1.O=C(C=C(O)c1ccccc1)c1ccccc1.O=C(O)c1ccccn1.[Ir].[Ir].[Ir]. The van der Waals surface area contributed by atoms with E-state index in [4.69, 9.17) is 20.1 Å². The third-order valence-corrected chi connectivity index (χ3v) is 25.0. The van der Waals surface area contributed by atoms with Crippen molar-refractivity contribution in [2.75, 3.05) is 0 Å². The van der Waals surface area contributed by atoms with Gasteiger partial charge >= 0.3 is 5.97 Å². The Kier molecular flexibility index (Phi) is 33.8. The normalized spacial score (nSPS) is 12.9. The van der Waals surface area contributed by atoms with Crippen molar-refractivity contribution in [3.05, 3.63) is 415 Å². The van der Waals surface area contributed by atoms with Crippen LogP contribution in [0.2, 0.25) is 0 Å². The molecule has 0 saturated carbocycles. The molecule has 4 heterocycles. The Labute approximate surface area is 838 Å². The van der Waals surface area contributed by atoms with Crippen LogP contribution in [0, 0.1) is 77.5 Å². The summed E-state index contributed by atoms with van der Waals surface area (Å²) in [5.74, 6) is 0.489. The first-order valence-corrected chi connectivity index (χ1v) is 45.8. The molecule has 0 unspecified atom stereocenters. The van der Waals surface area contributed by atoms with Crippen molar-refractivity contribution in [1.82, 2.24) is 19.9 Å². The van der Waals surface area contributed by atoms with Crippen LogP contribution in [-0.2, 0) is 101 Å². The number of carbonyl (C=O) groups excluding carboxylic acids is 2. The number of aromatic carboxylic acids is 1. The predicted octanol–water partition coefficient (Wildman–Crippen LogP) is 30.3. The van der Waals surface area contributed by atoms with Gasteiger partial charge in [-0.3, -0.25) is 24.5 Å². The van der Waals surface area contributed by atoms with Gasteiger partial charge in [-0.1, -0.05) is 313 Å². The molecule has 16 aromatic rings. The van der Waals surface area contributed by atoms with Gasteiger partial charge < -0.3 is 15.3 Å². The van der Waals surface area contributed by atoms with Crippen molar-refractivity contribution in [2.24, 2.45) is 17.8 Å². The van der Waals surface area contributed by atoms with Gasteiger partial charge in [-0.25, -0.2) is 9.78 Å². The minimum atomic E-state index is -0.990. The number of hydrogen-bond donors (Lipinski definition) is 3. The van der Waals surface area contributed by atoms with Crippen LogP contribution in [-0.4, -0.2) is 52.8 Å². The van der Waals surface area contributed by atoms with E-state index in [9.17, 15) is 24.6 Å². The molecule has 0 aliphatic heterocycles. The summed E-state index contributed by atoms with van der Waals surface area (Å²) >= 11 is 0. The summed E-state index contributed by atoms with van der Waals surface area (Å²) in [6.45, 7) is 43.5. The summed E-state index contributed by atoms with van der Waals surface area (Å²) < 4.78 is 0. The molecule has 3 radical (unpaired) electrons. The topological polar surface area (TPSA) is 163 Å². The second kappa shape index (κ2) is 44.1. The fraction of sp³-hybridized carbons (Fsp3) is 0.238. The molecule has 0 saturated heterocycles. The zero-order valence-electron chi connectivity index (χ0n) is 80.8. The fourth-order valence-electron chi connectivity index (χ4n) is 19.1. The monoisotopic (exact) mass is 2310 g/mol. The summed E-state index contributed by atoms with van der Waals surface area (Å²) in [7, 11) is 0. The van der Waals surface area contributed by atoms with Crippen molar-refractivity contribution in [2.45, 2.75) is 174 Å². The van der Waals surface area contributed by atoms with Gasteiger partial charge in [0.05, 0.1) is 22.1 Å². The van der Waals surface area contributed by atoms with Crippen LogP contribution in [0.3, 0.4) is 0 Å². The molecule has 693 valence electrons. The van der Waals surface area contributed by atoms with Gasteiger partial charge in [0.2, 0.25) is 0 Å². The third kappa shape index (κ3) is 23.5. The molecule has 4 aromatic heterocycles. The maximum absolute atomic E-state index is 11.8. The zero-order valence-corrected chi connectivity index (χ0v) is 88.0. The standard InChI is InChI=1S/3C30H30N.C15H12O2.C11H12O2.C6H5NO2.3Ir/c3*1-18(2)11-21-15-28(22-13-19(3)12-20(4)14-22)31-29-17-27-25(16-24(21)29)23-9-7-8-10-26(23)30(27,5)6;16-14(12-7-3-1-4-8-12)11-15(17)13-9-5-2-6-10-13;1-8(12)11(9(2)13)10-6-4-3-5-7-10;8-6(9)5-3-1-2-4-7-5;;;/h3*7-10,12-13,15-18H,11H2,1-6H3;1-11,16H;3-7,12H,1-2H3;1-4H,(H,8,9);;;/q3*-1;;;;;;. The number of pyridine rings is 4. The quantitative estimate of drug-likeness (QED) is 0.0390. The molecule has 12 aromatic carbocycles. The van der Waals surface area contributed by atoms with Crippen molar-refractivity contribution in [3.8, 4) is 67.2 Å². The Morgan fingerprint density at radius 2 is 0.652 bits per heavy atom. The van der Waals surface area contributed by atoms with Gasteiger partial charge in [-0.2, -0.15) is 0 Å². The number of hydrogen-bond acceptors (Lipinski definition) is 9. The molecule has 135 heavy (non-hydrogen) atoms. The molecule has 0 atom stereocenters. The molecule has 3 aliphatic rings. The van der Waals surface area contributed by atoms with Gasteiger partial charge in [0.15, 0.2) is 11.6 Å². The summed E-state index contributed by atoms with van der Waals surface area (Å²) in [6.07, 6.45) is 5.82. The Morgan fingerprint density at radius 3 is 0.933 bits per heavy atom. The summed E-state index contributed by atoms with van der Waals surface area (Å²) in [6, 6.07) is 103. The minimum Gasteiger partial charge on any atom is -0.512 e. The van der Waals surface area contributed by atoms with Crippen molar-refractivity contribution < 1.29 is 90.0 Å². The number of carboxylic acid groups (broad SMARTS) is 1. The van der Waals surface area contributed by atoms with Crippen LogP contribution in [0.25, 0.3) is 111 Å². The number of aliphatic hydroxyl groups is 2. The smallest absolute Gasteiger partial charge is 0.354 e. The number of aliphatic hydroxyl groups excluding tert-OH is 2. The first-order valence-electron chi connectivity index (χ1n) is 45.8. The van der Waals surface area contributed by atoms with Crippen molar-refractivity contribution in [1.29, 1.82) is 0 Å². The summed E-state index contributed by atoms with van der Waals surface area (Å²) in [5, 5.41) is 31.3. The van der Waals surface area contributed by atoms with Crippen LogP contribution in [0.15, 0.2) is 291 Å². The molecule has 13 heteroatoms. The maximum atomic E-state index is 11.8. The van der Waals surface area contributed by atoms with Crippen LogP contribution < -0.4 is 0 Å². The van der Waals surface area contributed by atoms with E-state index in [2.05, 4.69) is 312 Å². The number of carboxylic acids is 1. The second-order valence-corrected chi connectivity index (χ2v) is 38.3. The molecular weight excluding hydrogens is 2190 g/mol. The molecule has 0 fully saturated rings. The van der Waals surface area contributed by atoms with Gasteiger partial charge in [0.25, 0.3) is 0 Å². The first-order chi connectivity index (χ1) is 62.9. The second-order valence-electron chi connectivity index (χ2n) is 38.3. The van der Waals surface area contributed by atoms with Gasteiger partial charge in [-0.05, 0) is 205 Å². The average molecular weight is 2310 g/mol. The average Bonchev–Trinajstić information content (AvgIpc) is 1.58. The van der Waals surface area contributed by atoms with E-state index in [-0.39, 0.29) is 105 Å². The largest absolute Gasteiger partial charge is 0.512 e. The molecule has 0 amide bonds. The number of ketones is 2. The van der Waals surface area contributed by atoms with Crippen LogP contribution >= 0.6 is 0 Å². The zero-order chi connectivity index (χ0) is 94.4. The number of nitrogens with zero attached hydrogens (tertiary/aromatic N) is 4. The number of rotatable bonds is 15. The van der Waals surface area contributed by atoms with E-state index in [1.54, 1.807) is 60.7 Å². The number of allylic oxidation sites excluding steroid dienone is 3. The molecular formula is C122H119Ir3N4O6-3. The van der Waals surface area contributed by atoms with E-state index in [0.29, 0.717) is 34.5 Å². The number of aromatic nitrogens is 4. The number of aryl methyl sites for hydroxylation is 6. The van der Waals surface area contributed by atoms with E-state index >= 15 is 0 Å². The minimum absolute atomic E-state index is 0. The Balaban J connectivity index is 0.000000162. The van der Waals surface area contributed by atoms with E-state index in [1.165, 1.54) is 148 Å². The molecule has 10 nitrogen and oxygen atoms in total. The van der Waals surface area contributed by atoms with Crippen molar-refractivity contribution >= 4 is 61.6 Å². The maximum Gasteiger partial charge on any atom is 0.354 e. The number of carbonyl (C=O) groups is 3. The molecule has 3 N–H and O–H groups in total. The molecule has 19 rings (SSSR count). The predicted molar refractivity (Wildman–Crippen MR) is 546 cm³/mol. The van der Waals surface area contributed by atoms with E-state index < -0.39 is 5.97 Å². The molecule has 0 bridgehead atoms. The number of Topliss-reactive ketones (excluding diaryl/α,β-unsaturated/α-hetero) is 1. The summed E-state index contributed by atoms with van der Waals surface area (Å²) in [4.78, 5) is 52.2. The third-order valence-electron chi connectivity index (χ3n) is 25.0. The Bertz CT molecular complexity index is 6560. The van der Waals surface area contributed by atoms with Crippen LogP contribution in [0.1, 0.15) is 212 Å². The fourth-order valence-corrected chi connectivity index (χ4v) is 19.1. The van der Waals surface area contributed by atoms with E-state index in [0.717, 1.165) is 91.8 Å². The Hall–Kier alpha value is -12.1.